The van der Waals surface area contributed by atoms with Crippen LogP contribution in [-0.4, -0.2) is 12.1 Å². The summed E-state index contributed by atoms with van der Waals surface area (Å²) in [6.07, 6.45) is 0. The topological polar surface area (TPSA) is 59.1 Å². The monoisotopic (exact) mass is 250 g/mol. The predicted molar refractivity (Wildman–Crippen MR) is 70.7 cm³/mol. The van der Waals surface area contributed by atoms with Crippen molar-refractivity contribution in [3.05, 3.63) is 48.0 Å². The SMILES string of the molecule is COc1cc(-c2nc3ccccc3o2)ccc1C#N. The van der Waals surface area contributed by atoms with Crippen LogP contribution in [0.4, 0.5) is 0 Å². The highest BCUT2D eigenvalue weighted by Crippen LogP contribution is 2.28. The number of rotatable bonds is 2. The fourth-order valence-corrected chi connectivity index (χ4v) is 1.91. The van der Waals surface area contributed by atoms with Gasteiger partial charge in [-0.05, 0) is 30.3 Å². The summed E-state index contributed by atoms with van der Waals surface area (Å²) in [5.74, 6) is 1.03. The van der Waals surface area contributed by atoms with Gasteiger partial charge in [0.2, 0.25) is 5.89 Å². The van der Waals surface area contributed by atoms with Crippen LogP contribution in [-0.2, 0) is 0 Å². The van der Waals surface area contributed by atoms with Crippen LogP contribution in [0.1, 0.15) is 5.56 Å². The van der Waals surface area contributed by atoms with Gasteiger partial charge >= 0.3 is 0 Å². The quantitative estimate of drug-likeness (QED) is 0.699. The summed E-state index contributed by atoms with van der Waals surface area (Å²) < 4.78 is 10.9. The van der Waals surface area contributed by atoms with Gasteiger partial charge in [0.05, 0.1) is 12.7 Å². The molecule has 0 bridgehead atoms. The fourth-order valence-electron chi connectivity index (χ4n) is 1.91. The van der Waals surface area contributed by atoms with Gasteiger partial charge in [-0.15, -0.1) is 0 Å². The minimum absolute atomic E-state index is 0.488. The van der Waals surface area contributed by atoms with Gasteiger partial charge in [0.15, 0.2) is 5.58 Å². The van der Waals surface area contributed by atoms with Gasteiger partial charge < -0.3 is 9.15 Å². The van der Waals surface area contributed by atoms with Crippen LogP contribution < -0.4 is 4.74 Å². The molecule has 0 unspecified atom stereocenters. The van der Waals surface area contributed by atoms with Crippen molar-refractivity contribution in [2.45, 2.75) is 0 Å². The van der Waals surface area contributed by atoms with E-state index in [9.17, 15) is 0 Å². The van der Waals surface area contributed by atoms with Crippen LogP contribution in [0.25, 0.3) is 22.6 Å². The number of nitrogens with zero attached hydrogens (tertiary/aromatic N) is 2. The summed E-state index contributed by atoms with van der Waals surface area (Å²) in [5.41, 5.74) is 2.82. The van der Waals surface area contributed by atoms with E-state index in [4.69, 9.17) is 14.4 Å². The molecule has 0 atom stereocenters. The van der Waals surface area contributed by atoms with Crippen LogP contribution in [0, 0.1) is 11.3 Å². The molecule has 0 aliphatic carbocycles. The van der Waals surface area contributed by atoms with Crippen molar-refractivity contribution in [1.82, 2.24) is 4.98 Å². The van der Waals surface area contributed by atoms with E-state index in [1.807, 2.05) is 24.3 Å². The van der Waals surface area contributed by atoms with E-state index < -0.39 is 0 Å². The Morgan fingerprint density at radius 2 is 2.05 bits per heavy atom. The van der Waals surface area contributed by atoms with Crippen LogP contribution in [0.3, 0.4) is 0 Å². The van der Waals surface area contributed by atoms with E-state index in [2.05, 4.69) is 11.1 Å². The third-order valence-electron chi connectivity index (χ3n) is 2.86. The van der Waals surface area contributed by atoms with Gasteiger partial charge in [-0.3, -0.25) is 0 Å². The zero-order chi connectivity index (χ0) is 13.2. The average Bonchev–Trinajstić information content (AvgIpc) is 2.90. The number of methoxy groups -OCH3 is 1. The average molecular weight is 250 g/mol. The number of hydrogen-bond donors (Lipinski definition) is 0. The molecule has 0 aliphatic rings. The molecule has 2 aromatic carbocycles. The molecule has 0 spiro atoms. The van der Waals surface area contributed by atoms with Crippen molar-refractivity contribution in [2.75, 3.05) is 7.11 Å². The van der Waals surface area contributed by atoms with Crippen molar-refractivity contribution in [1.29, 1.82) is 5.26 Å². The highest BCUT2D eigenvalue weighted by atomic mass is 16.5. The number of nitriles is 1. The number of fused-ring (bicyclic) bond motifs is 1. The van der Waals surface area contributed by atoms with E-state index in [1.54, 1.807) is 18.2 Å². The smallest absolute Gasteiger partial charge is 0.227 e. The van der Waals surface area contributed by atoms with Crippen molar-refractivity contribution in [2.24, 2.45) is 0 Å². The molecule has 3 rings (SSSR count). The third-order valence-corrected chi connectivity index (χ3v) is 2.86. The third kappa shape index (κ3) is 1.91. The van der Waals surface area contributed by atoms with E-state index in [0.717, 1.165) is 16.7 Å². The summed E-state index contributed by atoms with van der Waals surface area (Å²) in [5, 5.41) is 8.96. The number of oxazole rings is 1. The van der Waals surface area contributed by atoms with Gasteiger partial charge in [0.25, 0.3) is 0 Å². The number of hydrogen-bond acceptors (Lipinski definition) is 4. The maximum absolute atomic E-state index is 8.96. The summed E-state index contributed by atoms with van der Waals surface area (Å²) in [6, 6.07) is 14.9. The molecular weight excluding hydrogens is 240 g/mol. The van der Waals surface area contributed by atoms with Gasteiger partial charge in [-0.2, -0.15) is 5.26 Å². The van der Waals surface area contributed by atoms with Crippen molar-refractivity contribution < 1.29 is 9.15 Å². The Hall–Kier alpha value is -2.80. The largest absolute Gasteiger partial charge is 0.495 e. The lowest BCUT2D eigenvalue weighted by Gasteiger charge is -2.03. The molecule has 92 valence electrons. The Bertz CT molecular complexity index is 751. The molecule has 1 aromatic heterocycles. The van der Waals surface area contributed by atoms with Crippen molar-refractivity contribution in [3.8, 4) is 23.3 Å². The highest BCUT2D eigenvalue weighted by Gasteiger charge is 2.10. The van der Waals surface area contributed by atoms with Crippen LogP contribution in [0.2, 0.25) is 0 Å². The second kappa shape index (κ2) is 4.46. The Morgan fingerprint density at radius 1 is 1.21 bits per heavy atom. The molecule has 0 aliphatic heterocycles. The molecule has 1 heterocycles. The highest BCUT2D eigenvalue weighted by molar-refractivity contribution is 5.76. The maximum Gasteiger partial charge on any atom is 0.227 e. The Balaban J connectivity index is 2.13. The summed E-state index contributed by atoms with van der Waals surface area (Å²) in [4.78, 5) is 4.41. The minimum atomic E-state index is 0.488. The number of benzene rings is 2. The minimum Gasteiger partial charge on any atom is -0.495 e. The second-order valence-corrected chi connectivity index (χ2v) is 4.01. The molecule has 19 heavy (non-hydrogen) atoms. The predicted octanol–water partition coefficient (Wildman–Crippen LogP) is 3.38. The zero-order valence-electron chi connectivity index (χ0n) is 10.3. The molecule has 0 saturated carbocycles. The summed E-state index contributed by atoms with van der Waals surface area (Å²) >= 11 is 0. The van der Waals surface area contributed by atoms with Crippen LogP contribution >= 0.6 is 0 Å². The van der Waals surface area contributed by atoms with Gasteiger partial charge in [-0.1, -0.05) is 12.1 Å². The maximum atomic E-state index is 8.96. The fraction of sp³-hybridized carbons (Fsp3) is 0.0667. The molecule has 0 radical (unpaired) electrons. The molecule has 0 saturated heterocycles. The van der Waals surface area contributed by atoms with Gasteiger partial charge in [-0.25, -0.2) is 4.98 Å². The number of ether oxygens (including phenoxy) is 1. The normalized spacial score (nSPS) is 10.3. The van der Waals surface area contributed by atoms with Crippen molar-refractivity contribution >= 4 is 11.1 Å². The van der Waals surface area contributed by atoms with E-state index in [-0.39, 0.29) is 0 Å². The van der Waals surface area contributed by atoms with E-state index in [1.165, 1.54) is 7.11 Å². The zero-order valence-corrected chi connectivity index (χ0v) is 10.3. The second-order valence-electron chi connectivity index (χ2n) is 4.01. The first-order chi connectivity index (χ1) is 9.31. The molecule has 0 amide bonds. The molecule has 0 N–H and O–H groups in total. The lowest BCUT2D eigenvalue weighted by molar-refractivity contribution is 0.413. The molecule has 3 aromatic rings. The lowest BCUT2D eigenvalue weighted by Crippen LogP contribution is -1.88. The number of aromatic nitrogens is 1. The van der Waals surface area contributed by atoms with Gasteiger partial charge in [0.1, 0.15) is 17.3 Å². The molecule has 4 heteroatoms. The first-order valence-electron chi connectivity index (χ1n) is 5.76. The van der Waals surface area contributed by atoms with Crippen LogP contribution in [0.15, 0.2) is 46.9 Å². The first-order valence-corrected chi connectivity index (χ1v) is 5.76. The van der Waals surface area contributed by atoms with Crippen LogP contribution in [0.5, 0.6) is 5.75 Å². The lowest BCUT2D eigenvalue weighted by atomic mass is 10.1. The summed E-state index contributed by atoms with van der Waals surface area (Å²) in [6.45, 7) is 0. The first kappa shape index (κ1) is 11.3. The Morgan fingerprint density at radius 3 is 2.79 bits per heavy atom. The molecular formula is C15H10N2O2. The van der Waals surface area contributed by atoms with E-state index in [0.29, 0.717) is 17.2 Å². The van der Waals surface area contributed by atoms with E-state index >= 15 is 0 Å². The standard InChI is InChI=1S/C15H10N2O2/c1-18-14-8-10(6-7-11(14)9-16)15-17-12-4-2-3-5-13(12)19-15/h2-8H,1H3. The van der Waals surface area contributed by atoms with Crippen molar-refractivity contribution in [3.63, 3.8) is 0 Å². The Kier molecular flexibility index (Phi) is 2.66. The Labute approximate surface area is 109 Å². The molecule has 0 fully saturated rings. The van der Waals surface area contributed by atoms with Gasteiger partial charge in [0, 0.05) is 5.56 Å². The number of para-hydroxylation sites is 2. The summed E-state index contributed by atoms with van der Waals surface area (Å²) in [7, 11) is 1.53. The molecule has 4 nitrogen and oxygen atoms in total.